The van der Waals surface area contributed by atoms with Crippen LogP contribution in [0.5, 0.6) is 0 Å². The molecule has 2 aliphatic rings. The van der Waals surface area contributed by atoms with E-state index < -0.39 is 90.3 Å². The summed E-state index contributed by atoms with van der Waals surface area (Å²) in [6.45, 7) is 23.3. The average molecular weight is 1360 g/mol. The Labute approximate surface area is 575 Å². The highest BCUT2D eigenvalue weighted by atomic mass is 16.5. The molecule has 544 valence electrons. The lowest BCUT2D eigenvalue weighted by Crippen LogP contribution is -2.60. The largest absolute Gasteiger partial charge is 0.453 e. The molecule has 2 aliphatic heterocycles. The Hall–Kier alpha value is -7.71. The molecule has 0 bridgehead atoms. The third-order valence-electron chi connectivity index (χ3n) is 18.5. The number of anilines is 1. The number of carbonyl (C=O) groups excluding carboxylic acids is 11. The molecule has 2 fully saturated rings. The summed E-state index contributed by atoms with van der Waals surface area (Å²) in [5.74, 6) is -4.55. The number of methoxy groups -OCH3 is 3. The van der Waals surface area contributed by atoms with Crippen molar-refractivity contribution >= 4 is 71.0 Å². The fourth-order valence-electron chi connectivity index (χ4n) is 12.5. The molecule has 12 amide bonds. The number of likely N-dealkylation sites (N-methyl/N-ethyl adjacent to an activating group) is 2. The molecule has 0 radical (unpaired) electrons. The van der Waals surface area contributed by atoms with E-state index in [0.717, 1.165) is 18.4 Å². The number of ether oxygens (including phenoxy) is 3. The van der Waals surface area contributed by atoms with Gasteiger partial charge in [-0.1, -0.05) is 131 Å². The number of amides is 12. The maximum absolute atomic E-state index is 14.3. The zero-order valence-electron chi connectivity index (χ0n) is 60.6. The molecule has 13 atom stereocenters. The Kier molecular flexibility index (Phi) is 35.7. The van der Waals surface area contributed by atoms with Gasteiger partial charge in [-0.3, -0.25) is 53.0 Å². The van der Waals surface area contributed by atoms with Gasteiger partial charge in [-0.2, -0.15) is 0 Å². The molecule has 2 unspecified atom stereocenters. The van der Waals surface area contributed by atoms with Crippen molar-refractivity contribution in [3.05, 3.63) is 65.7 Å². The maximum Gasteiger partial charge on any atom is 0.409 e. The van der Waals surface area contributed by atoms with E-state index in [2.05, 4.69) is 31.9 Å². The second-order valence-corrected chi connectivity index (χ2v) is 26.9. The van der Waals surface area contributed by atoms with Crippen molar-refractivity contribution in [1.29, 1.82) is 0 Å². The predicted molar refractivity (Wildman–Crippen MR) is 370 cm³/mol. The standard InChI is InChI=1S/C41H69N5O9.C30H46N6O6/c1-14-26(6)35(44(9)40(51)33(24(2)3)43-39(50)34(25(4)5)45(10)41(52)55-13)31(53-11)23-32(47)46-22-18-21-30(46)37(54-12)27(7)38(49)42-28(8)36(48)29-19-16-15-17-20-29;1-5-21-12-14-22(15-13-21)33-27(39)23(10-9-16-32-30(31)42)34-28(40)26(19(2)3)35-24(37)11-7-6-8-17-36-25(38)18-20(4)29(36)41/h15-17,19-20,24-28,30-31,33-37,48H,14,18,21-23H2,1-13H3,(H,42,49)(H,43,50);12-15,19-20,23,26H,5-11,16-18H2,1-4H3,(H,33,39)(H,34,40)(H,35,37)(H3,31,32,42)/t26-,27+,28+,30-,31+,33-,34?,35-,36+,37+;20?,23-,26-/m00/s1. The van der Waals surface area contributed by atoms with Crippen LogP contribution in [0.15, 0.2) is 54.6 Å². The molecule has 2 aromatic rings. The van der Waals surface area contributed by atoms with Gasteiger partial charge in [0.2, 0.25) is 53.2 Å². The van der Waals surface area contributed by atoms with Crippen LogP contribution >= 0.6 is 0 Å². The van der Waals surface area contributed by atoms with Crippen LogP contribution in [-0.2, 0) is 63.8 Å². The summed E-state index contributed by atoms with van der Waals surface area (Å²) in [4.78, 5) is 148. The Morgan fingerprint density at radius 2 is 1.36 bits per heavy atom. The first-order valence-electron chi connectivity index (χ1n) is 34.4. The van der Waals surface area contributed by atoms with Crippen molar-refractivity contribution < 1.29 is 72.1 Å². The molecule has 0 aliphatic carbocycles. The fraction of sp³-hybridized carbons (Fsp3) is 0.676. The van der Waals surface area contributed by atoms with Crippen LogP contribution in [-0.4, -0.2) is 200 Å². The zero-order chi connectivity index (χ0) is 73.0. The number of primary amides is 1. The molecule has 97 heavy (non-hydrogen) atoms. The number of likely N-dealkylation sites (tertiary alicyclic amines) is 2. The van der Waals surface area contributed by atoms with Crippen LogP contribution in [0.1, 0.15) is 171 Å². The quantitative estimate of drug-likeness (QED) is 0.0275. The minimum Gasteiger partial charge on any atom is -0.453 e. The van der Waals surface area contributed by atoms with Gasteiger partial charge in [0.15, 0.2) is 0 Å². The summed E-state index contributed by atoms with van der Waals surface area (Å²) in [7, 11) is 7.47. The van der Waals surface area contributed by atoms with Crippen LogP contribution in [0.4, 0.5) is 15.3 Å². The minimum atomic E-state index is -0.917. The van der Waals surface area contributed by atoms with Gasteiger partial charge in [-0.05, 0) is 98.8 Å². The minimum absolute atomic E-state index is 0.0189. The predicted octanol–water partition coefficient (Wildman–Crippen LogP) is 6.23. The highest BCUT2D eigenvalue weighted by molar-refractivity contribution is 6.03. The number of imide groups is 1. The smallest absolute Gasteiger partial charge is 0.409 e. The number of unbranched alkanes of at least 4 members (excludes halogenated alkanes) is 2. The number of carbonyl (C=O) groups is 11. The van der Waals surface area contributed by atoms with E-state index in [1.807, 2.05) is 78.8 Å². The molecular weight excluding hydrogens is 1250 g/mol. The number of urea groups is 1. The average Bonchev–Trinajstić information content (AvgIpc) is 1.81. The lowest BCUT2D eigenvalue weighted by molar-refractivity contribution is -0.148. The molecule has 2 saturated heterocycles. The maximum atomic E-state index is 14.3. The van der Waals surface area contributed by atoms with Gasteiger partial charge in [0.05, 0.1) is 55.9 Å². The number of aliphatic hydroxyl groups is 1. The van der Waals surface area contributed by atoms with Gasteiger partial charge in [0.25, 0.3) is 0 Å². The Balaban J connectivity index is 0.000000523. The van der Waals surface area contributed by atoms with Crippen LogP contribution in [0.2, 0.25) is 0 Å². The molecule has 2 heterocycles. The normalized spacial score (nSPS) is 18.0. The van der Waals surface area contributed by atoms with Crippen molar-refractivity contribution in [2.45, 2.75) is 221 Å². The molecule has 0 saturated carbocycles. The molecule has 2 aromatic carbocycles. The topological polar surface area (TPSA) is 347 Å². The van der Waals surface area contributed by atoms with E-state index in [9.17, 15) is 57.8 Å². The van der Waals surface area contributed by atoms with Crippen molar-refractivity contribution in [1.82, 2.24) is 46.2 Å². The van der Waals surface area contributed by atoms with Crippen LogP contribution in [0.3, 0.4) is 0 Å². The third kappa shape index (κ3) is 25.3. The Morgan fingerprint density at radius 1 is 0.722 bits per heavy atom. The lowest BCUT2D eigenvalue weighted by atomic mass is 9.89. The first kappa shape index (κ1) is 83.5. The number of nitrogens with two attached hydrogens (primary N) is 1. The summed E-state index contributed by atoms with van der Waals surface area (Å²) in [6.07, 6.45) is 2.93. The molecule has 9 N–H and O–H groups in total. The molecule has 4 rings (SSSR count). The van der Waals surface area contributed by atoms with E-state index in [1.165, 1.54) is 38.2 Å². The monoisotopic (exact) mass is 1360 g/mol. The van der Waals surface area contributed by atoms with E-state index in [1.54, 1.807) is 75.7 Å². The molecule has 0 spiro atoms. The first-order valence-corrected chi connectivity index (χ1v) is 34.4. The van der Waals surface area contributed by atoms with E-state index >= 15 is 0 Å². The number of aryl methyl sites for hydroxylation is 1. The van der Waals surface area contributed by atoms with E-state index in [4.69, 9.17) is 19.9 Å². The van der Waals surface area contributed by atoms with Gasteiger partial charge >= 0.3 is 12.1 Å². The van der Waals surface area contributed by atoms with E-state index in [0.29, 0.717) is 62.9 Å². The Morgan fingerprint density at radius 3 is 1.90 bits per heavy atom. The number of hydrogen-bond donors (Lipinski definition) is 8. The summed E-state index contributed by atoms with van der Waals surface area (Å²) in [6, 6.07) is 10.9. The van der Waals surface area contributed by atoms with Gasteiger partial charge in [0.1, 0.15) is 24.2 Å². The van der Waals surface area contributed by atoms with Gasteiger partial charge in [0, 0.05) is 72.4 Å². The fourth-order valence-corrected chi connectivity index (χ4v) is 12.5. The SMILES string of the molecule is CC[C@H](C)[C@@H]([C@@H](CC(=O)N1CCC[C@H]1[C@H](OC)[C@@H](C)C(=O)N[C@H](C)[C@@H](O)c1ccccc1)OC)N(C)C(=O)[C@@H](NC(=O)C(C(C)C)N(C)C(=O)OC)C(C)C.CCc1ccc(NC(=O)[C@H](CCCNC(N)=O)NC(=O)[C@@H](NC(=O)CCCCCN2C(=O)CC(C)C2=O)C(C)C)cc1. The first-order chi connectivity index (χ1) is 45.8. The lowest BCUT2D eigenvalue weighted by Gasteiger charge is -2.41. The number of rotatable bonds is 37. The summed E-state index contributed by atoms with van der Waals surface area (Å²) < 4.78 is 16.8. The third-order valence-corrected chi connectivity index (χ3v) is 18.5. The van der Waals surface area contributed by atoms with Crippen LogP contribution in [0.25, 0.3) is 0 Å². The molecule has 26 nitrogen and oxygen atoms in total. The van der Waals surface area contributed by atoms with E-state index in [-0.39, 0.29) is 103 Å². The van der Waals surface area contributed by atoms with Crippen molar-refractivity contribution in [2.75, 3.05) is 60.4 Å². The second-order valence-electron chi connectivity index (χ2n) is 26.9. The summed E-state index contributed by atoms with van der Waals surface area (Å²) >= 11 is 0. The number of aliphatic hydroxyl groups excluding tert-OH is 1. The highest BCUT2D eigenvalue weighted by Crippen LogP contribution is 2.31. The van der Waals surface area contributed by atoms with Gasteiger partial charge in [-0.15, -0.1) is 0 Å². The second kappa shape index (κ2) is 41.5. The van der Waals surface area contributed by atoms with Crippen molar-refractivity contribution in [2.24, 2.45) is 41.2 Å². The molecule has 26 heteroatoms. The van der Waals surface area contributed by atoms with Crippen molar-refractivity contribution in [3.63, 3.8) is 0 Å². The molecule has 0 aromatic heterocycles. The number of benzene rings is 2. The summed E-state index contributed by atoms with van der Waals surface area (Å²) in [5.41, 5.74) is 7.53. The Bertz CT molecular complexity index is 2880. The molecular formula is C71H115N11O15. The van der Waals surface area contributed by atoms with Gasteiger partial charge in [-0.25, -0.2) is 9.59 Å². The van der Waals surface area contributed by atoms with Crippen molar-refractivity contribution in [3.8, 4) is 0 Å². The zero-order valence-corrected chi connectivity index (χ0v) is 60.6. The van der Waals surface area contributed by atoms with Gasteiger partial charge < -0.3 is 66.8 Å². The number of nitrogens with one attached hydrogen (secondary N) is 6. The van der Waals surface area contributed by atoms with Crippen LogP contribution in [0, 0.1) is 35.5 Å². The summed E-state index contributed by atoms with van der Waals surface area (Å²) in [5, 5.41) is 27.5. The number of hydrogen-bond acceptors (Lipinski definition) is 15. The number of nitrogens with zero attached hydrogens (tertiary/aromatic N) is 4. The van der Waals surface area contributed by atoms with Crippen LogP contribution < -0.4 is 37.6 Å². The highest BCUT2D eigenvalue weighted by Gasteiger charge is 2.44.